The van der Waals surface area contributed by atoms with E-state index in [0.29, 0.717) is 5.56 Å². The molecule has 1 heterocycles. The molecule has 0 unspecified atom stereocenters. The first-order valence-electron chi connectivity index (χ1n) is 8.55. The third kappa shape index (κ3) is 3.77. The van der Waals surface area contributed by atoms with Crippen LogP contribution in [-0.4, -0.2) is 12.3 Å². The Morgan fingerprint density at radius 3 is 2.67 bits per heavy atom. The van der Waals surface area contributed by atoms with Crippen molar-refractivity contribution in [2.45, 2.75) is 32.0 Å². The Labute approximate surface area is 152 Å². The fourth-order valence-electron chi connectivity index (χ4n) is 3.44. The lowest BCUT2D eigenvalue weighted by molar-refractivity contribution is -0.274. The van der Waals surface area contributed by atoms with E-state index in [1.54, 1.807) is 0 Å². The van der Waals surface area contributed by atoms with E-state index in [0.717, 1.165) is 36.3 Å². The number of benzene rings is 2. The molecular weight excluding hydrogens is 359 g/mol. The largest absolute Gasteiger partial charge is 0.573 e. The summed E-state index contributed by atoms with van der Waals surface area (Å²) < 4.78 is 47.0. The highest BCUT2D eigenvalue weighted by atomic mass is 19.4. The molecule has 1 aliphatic rings. The molecule has 0 fully saturated rings. The predicted octanol–water partition coefficient (Wildman–Crippen LogP) is 5.00. The van der Waals surface area contributed by atoms with Crippen molar-refractivity contribution < 1.29 is 27.1 Å². The van der Waals surface area contributed by atoms with Crippen LogP contribution in [0.1, 0.15) is 23.1 Å². The number of amides is 1. The summed E-state index contributed by atoms with van der Waals surface area (Å²) in [7, 11) is 0. The maximum atomic E-state index is 12.5. The Bertz CT molecular complexity index is 1010. The van der Waals surface area contributed by atoms with E-state index in [1.807, 2.05) is 12.1 Å². The van der Waals surface area contributed by atoms with Crippen LogP contribution in [0.5, 0.6) is 5.75 Å². The van der Waals surface area contributed by atoms with Crippen molar-refractivity contribution in [1.29, 1.82) is 0 Å². The fourth-order valence-corrected chi connectivity index (χ4v) is 3.44. The molecule has 1 amide bonds. The SMILES string of the molecule is O=C(Cc1coc2cc3c(cc12)CCC3)Nc1ccccc1OC(F)(F)F. The number of nitrogens with one attached hydrogen (secondary N) is 1. The lowest BCUT2D eigenvalue weighted by atomic mass is 10.0. The quantitative estimate of drug-likeness (QED) is 0.698. The van der Waals surface area contributed by atoms with Gasteiger partial charge in [0.1, 0.15) is 5.58 Å². The molecule has 3 aromatic rings. The second kappa shape index (κ2) is 6.64. The molecule has 0 bridgehead atoms. The third-order valence-corrected chi connectivity index (χ3v) is 4.61. The van der Waals surface area contributed by atoms with E-state index in [2.05, 4.69) is 10.1 Å². The number of alkyl halides is 3. The minimum Gasteiger partial charge on any atom is -0.464 e. The molecule has 7 heteroatoms. The molecule has 1 aliphatic carbocycles. The van der Waals surface area contributed by atoms with Gasteiger partial charge in [-0.25, -0.2) is 0 Å². The average molecular weight is 375 g/mol. The number of hydrogen-bond acceptors (Lipinski definition) is 3. The minimum atomic E-state index is -4.83. The minimum absolute atomic E-state index is 0.00780. The van der Waals surface area contributed by atoms with Gasteiger partial charge in [-0.1, -0.05) is 12.1 Å². The van der Waals surface area contributed by atoms with E-state index < -0.39 is 18.0 Å². The van der Waals surface area contributed by atoms with Crippen LogP contribution in [0.4, 0.5) is 18.9 Å². The van der Waals surface area contributed by atoms with Gasteiger partial charge in [0.25, 0.3) is 0 Å². The van der Waals surface area contributed by atoms with Crippen molar-refractivity contribution in [3.8, 4) is 5.75 Å². The molecule has 27 heavy (non-hydrogen) atoms. The van der Waals surface area contributed by atoms with Crippen molar-refractivity contribution in [3.05, 3.63) is 59.4 Å². The van der Waals surface area contributed by atoms with Crippen molar-refractivity contribution in [1.82, 2.24) is 0 Å². The number of aryl methyl sites for hydroxylation is 2. The number of furan rings is 1. The number of carbonyl (C=O) groups excluding carboxylic acids is 1. The summed E-state index contributed by atoms with van der Waals surface area (Å²) in [6.07, 6.45) is -0.179. The lowest BCUT2D eigenvalue weighted by Gasteiger charge is -2.13. The van der Waals surface area contributed by atoms with Crippen LogP contribution in [-0.2, 0) is 24.1 Å². The summed E-state index contributed by atoms with van der Waals surface area (Å²) in [5.74, 6) is -0.898. The Kier molecular flexibility index (Phi) is 4.30. The molecule has 1 N–H and O–H groups in total. The maximum Gasteiger partial charge on any atom is 0.573 e. The standard InChI is InChI=1S/C20H16F3NO3/c21-20(22,23)27-17-7-2-1-6-16(17)24-19(25)10-14-11-26-18-9-13-5-3-4-12(13)8-15(14)18/h1-2,6-9,11H,3-5,10H2,(H,24,25). The van der Waals surface area contributed by atoms with Crippen molar-refractivity contribution in [2.75, 3.05) is 5.32 Å². The number of ether oxygens (including phenoxy) is 1. The third-order valence-electron chi connectivity index (χ3n) is 4.61. The summed E-state index contributed by atoms with van der Waals surface area (Å²) in [5, 5.41) is 3.35. The van der Waals surface area contributed by atoms with Crippen LogP contribution in [0.25, 0.3) is 11.0 Å². The van der Waals surface area contributed by atoms with Gasteiger partial charge < -0.3 is 14.5 Å². The van der Waals surface area contributed by atoms with Gasteiger partial charge in [-0.3, -0.25) is 4.79 Å². The van der Waals surface area contributed by atoms with Gasteiger partial charge in [0.2, 0.25) is 5.91 Å². The zero-order chi connectivity index (χ0) is 19.0. The Morgan fingerprint density at radius 2 is 1.89 bits per heavy atom. The van der Waals surface area contributed by atoms with Gasteiger partial charge in [-0.2, -0.15) is 0 Å². The number of fused-ring (bicyclic) bond motifs is 2. The molecule has 2 aromatic carbocycles. The zero-order valence-electron chi connectivity index (χ0n) is 14.2. The van der Waals surface area contributed by atoms with E-state index >= 15 is 0 Å². The average Bonchev–Trinajstić information content (AvgIpc) is 3.20. The summed E-state index contributed by atoms with van der Waals surface area (Å²) in [4.78, 5) is 12.4. The Balaban J connectivity index is 1.53. The molecule has 0 saturated heterocycles. The first-order chi connectivity index (χ1) is 12.9. The van der Waals surface area contributed by atoms with Crippen LogP contribution >= 0.6 is 0 Å². The lowest BCUT2D eigenvalue weighted by Crippen LogP contribution is -2.20. The highest BCUT2D eigenvalue weighted by Gasteiger charge is 2.32. The highest BCUT2D eigenvalue weighted by Crippen LogP contribution is 2.32. The van der Waals surface area contributed by atoms with Crippen LogP contribution in [0.2, 0.25) is 0 Å². The van der Waals surface area contributed by atoms with E-state index in [4.69, 9.17) is 4.42 Å². The van der Waals surface area contributed by atoms with Gasteiger partial charge in [-0.05, 0) is 54.7 Å². The Morgan fingerprint density at radius 1 is 1.15 bits per heavy atom. The van der Waals surface area contributed by atoms with Crippen molar-refractivity contribution in [2.24, 2.45) is 0 Å². The van der Waals surface area contributed by atoms with Gasteiger partial charge in [0.05, 0.1) is 18.4 Å². The van der Waals surface area contributed by atoms with Gasteiger partial charge in [0.15, 0.2) is 5.75 Å². The number of rotatable bonds is 4. The number of hydrogen-bond donors (Lipinski definition) is 1. The molecule has 0 radical (unpaired) electrons. The first kappa shape index (κ1) is 17.5. The van der Waals surface area contributed by atoms with Crippen LogP contribution in [0.3, 0.4) is 0 Å². The summed E-state index contributed by atoms with van der Waals surface area (Å²) in [5.41, 5.74) is 3.92. The number of anilines is 1. The Hall–Kier alpha value is -2.96. The predicted molar refractivity (Wildman–Crippen MR) is 93.7 cm³/mol. The molecule has 0 saturated carbocycles. The monoisotopic (exact) mass is 375 g/mol. The second-order valence-corrected chi connectivity index (χ2v) is 6.50. The number of halogens is 3. The zero-order valence-corrected chi connectivity index (χ0v) is 14.2. The topological polar surface area (TPSA) is 51.5 Å². The van der Waals surface area contributed by atoms with Crippen LogP contribution in [0, 0.1) is 0 Å². The maximum absolute atomic E-state index is 12.5. The van der Waals surface area contributed by atoms with Gasteiger partial charge in [-0.15, -0.1) is 13.2 Å². The summed E-state index contributed by atoms with van der Waals surface area (Å²) in [6.45, 7) is 0. The smallest absolute Gasteiger partial charge is 0.464 e. The van der Waals surface area contributed by atoms with Gasteiger partial charge in [0, 0.05) is 10.9 Å². The fraction of sp³-hybridized carbons (Fsp3) is 0.250. The van der Waals surface area contributed by atoms with Crippen LogP contribution < -0.4 is 10.1 Å². The molecule has 0 atom stereocenters. The van der Waals surface area contributed by atoms with Crippen molar-refractivity contribution in [3.63, 3.8) is 0 Å². The normalized spacial score (nSPS) is 13.6. The second-order valence-electron chi connectivity index (χ2n) is 6.50. The molecular formula is C20H16F3NO3. The molecule has 4 nitrogen and oxygen atoms in total. The number of para-hydroxylation sites is 2. The number of carbonyl (C=O) groups is 1. The van der Waals surface area contributed by atoms with Crippen molar-refractivity contribution >= 4 is 22.6 Å². The molecule has 1 aromatic heterocycles. The van der Waals surface area contributed by atoms with Crippen LogP contribution in [0.15, 0.2) is 47.1 Å². The molecule has 4 rings (SSSR count). The highest BCUT2D eigenvalue weighted by molar-refractivity contribution is 5.96. The molecule has 0 aliphatic heterocycles. The molecule has 0 spiro atoms. The summed E-state index contributed by atoms with van der Waals surface area (Å²) in [6, 6.07) is 9.49. The van der Waals surface area contributed by atoms with E-state index in [1.165, 1.54) is 35.6 Å². The molecule has 140 valence electrons. The van der Waals surface area contributed by atoms with Gasteiger partial charge >= 0.3 is 6.36 Å². The van der Waals surface area contributed by atoms with E-state index in [-0.39, 0.29) is 12.1 Å². The first-order valence-corrected chi connectivity index (χ1v) is 8.55. The summed E-state index contributed by atoms with van der Waals surface area (Å²) >= 11 is 0. The van der Waals surface area contributed by atoms with E-state index in [9.17, 15) is 18.0 Å².